The molecular weight excluding hydrogens is 524 g/mol. The summed E-state index contributed by atoms with van der Waals surface area (Å²) in [5.41, 5.74) is 1.15. The summed E-state index contributed by atoms with van der Waals surface area (Å²) < 4.78 is 50.9. The molecule has 2 N–H and O–H groups in total. The number of amidine groups is 1. The van der Waals surface area contributed by atoms with E-state index in [0.717, 1.165) is 36.1 Å². The van der Waals surface area contributed by atoms with Gasteiger partial charge in [-0.1, -0.05) is 0 Å². The molecule has 9 nitrogen and oxygen atoms in total. The van der Waals surface area contributed by atoms with Gasteiger partial charge in [-0.3, -0.25) is 9.69 Å². The summed E-state index contributed by atoms with van der Waals surface area (Å²) in [4.78, 5) is 25.9. The predicted molar refractivity (Wildman–Crippen MR) is 138 cm³/mol. The number of rotatable bonds is 7. The second kappa shape index (κ2) is 10.8. The van der Waals surface area contributed by atoms with Gasteiger partial charge in [-0.05, 0) is 49.4 Å². The molecule has 1 atom stereocenters. The fourth-order valence-corrected chi connectivity index (χ4v) is 5.17. The Hall–Kier alpha value is -3.26. The third kappa shape index (κ3) is 6.78. The molecule has 0 spiro atoms. The van der Waals surface area contributed by atoms with Crippen molar-refractivity contribution >= 4 is 46.5 Å². The first-order valence-electron chi connectivity index (χ1n) is 12.1. The van der Waals surface area contributed by atoms with Crippen LogP contribution in [0.25, 0.3) is 0 Å². The number of nitrogens with one attached hydrogen (secondary N) is 2. The lowest BCUT2D eigenvalue weighted by molar-refractivity contribution is -0.150. The van der Waals surface area contributed by atoms with Crippen molar-refractivity contribution in [1.29, 1.82) is 0 Å². The molecule has 1 amide bonds. The Morgan fingerprint density at radius 2 is 1.89 bits per heavy atom. The van der Waals surface area contributed by atoms with Crippen molar-refractivity contribution < 1.29 is 22.4 Å². The summed E-state index contributed by atoms with van der Waals surface area (Å²) in [6.07, 6.45) is -5.70. The van der Waals surface area contributed by atoms with Crippen LogP contribution in [0.1, 0.15) is 26.2 Å². The van der Waals surface area contributed by atoms with Crippen LogP contribution in [-0.2, 0) is 4.79 Å². The Labute approximate surface area is 220 Å². The van der Waals surface area contributed by atoms with Gasteiger partial charge in [0.05, 0.1) is 0 Å². The average Bonchev–Trinajstić information content (AvgIpc) is 3.40. The third-order valence-electron chi connectivity index (χ3n) is 6.30. The van der Waals surface area contributed by atoms with E-state index in [4.69, 9.17) is 4.98 Å². The largest absolute Gasteiger partial charge is 0.397 e. The van der Waals surface area contributed by atoms with E-state index in [1.807, 2.05) is 13.0 Å². The SMILES string of the molecule is CC1=NN=C(Nc2cc(N3CC(N4CCC(F)C4)C3)nc(Sc3ccc(NC(=O)CC(F)(F)F)cc3)n2)C1. The van der Waals surface area contributed by atoms with Gasteiger partial charge in [0.15, 0.2) is 5.16 Å². The Bertz CT molecular complexity index is 1250. The lowest BCUT2D eigenvalue weighted by Crippen LogP contribution is -2.59. The summed E-state index contributed by atoms with van der Waals surface area (Å²) in [5, 5.41) is 14.1. The minimum Gasteiger partial charge on any atom is -0.353 e. The van der Waals surface area contributed by atoms with Gasteiger partial charge >= 0.3 is 6.18 Å². The highest BCUT2D eigenvalue weighted by molar-refractivity contribution is 7.99. The van der Waals surface area contributed by atoms with Crippen molar-refractivity contribution in [3.63, 3.8) is 0 Å². The van der Waals surface area contributed by atoms with Crippen LogP contribution in [0, 0.1) is 0 Å². The molecule has 3 aliphatic rings. The number of alkyl halides is 4. The molecule has 38 heavy (non-hydrogen) atoms. The molecule has 0 bridgehead atoms. The van der Waals surface area contributed by atoms with Gasteiger partial charge < -0.3 is 15.5 Å². The van der Waals surface area contributed by atoms with Crippen LogP contribution in [0.15, 0.2) is 50.6 Å². The molecule has 1 unspecified atom stereocenters. The van der Waals surface area contributed by atoms with Crippen molar-refractivity contribution in [2.24, 2.45) is 10.2 Å². The summed E-state index contributed by atoms with van der Waals surface area (Å²) in [5.74, 6) is 0.840. The van der Waals surface area contributed by atoms with Crippen molar-refractivity contribution in [3.05, 3.63) is 30.3 Å². The zero-order valence-electron chi connectivity index (χ0n) is 20.5. The van der Waals surface area contributed by atoms with E-state index in [1.165, 1.54) is 23.9 Å². The Morgan fingerprint density at radius 3 is 2.53 bits per heavy atom. The molecule has 2 fully saturated rings. The summed E-state index contributed by atoms with van der Waals surface area (Å²) in [6, 6.07) is 8.54. The Morgan fingerprint density at radius 1 is 1.13 bits per heavy atom. The standard InChI is InChI=1S/C24H26F4N8OS/c1-14-8-20(34-33-14)30-19-9-21(36-12-17(13-36)35-7-6-15(25)11-35)32-23(31-19)38-18-4-2-16(3-5-18)29-22(37)10-24(26,27)28/h2-5,9,15,17H,6-8,10-13H2,1H3,(H,29,37)(H,30,31,32,34). The van der Waals surface area contributed by atoms with Gasteiger partial charge in [0.2, 0.25) is 5.91 Å². The van der Waals surface area contributed by atoms with E-state index in [2.05, 4.69) is 35.6 Å². The second-order valence-electron chi connectivity index (χ2n) is 9.48. The van der Waals surface area contributed by atoms with Crippen LogP contribution in [0.3, 0.4) is 0 Å². The smallest absolute Gasteiger partial charge is 0.353 e. The van der Waals surface area contributed by atoms with Crippen molar-refractivity contribution in [1.82, 2.24) is 14.9 Å². The number of anilines is 3. The topological polar surface area (TPSA) is 98.1 Å². The molecule has 0 radical (unpaired) electrons. The molecule has 0 saturated carbocycles. The van der Waals surface area contributed by atoms with Crippen LogP contribution in [0.5, 0.6) is 0 Å². The van der Waals surface area contributed by atoms with Crippen molar-refractivity contribution in [3.8, 4) is 0 Å². The van der Waals surface area contributed by atoms with E-state index in [0.29, 0.717) is 36.2 Å². The zero-order chi connectivity index (χ0) is 26.9. The van der Waals surface area contributed by atoms with E-state index in [1.54, 1.807) is 12.1 Å². The number of benzene rings is 1. The first-order valence-corrected chi connectivity index (χ1v) is 12.9. The third-order valence-corrected chi connectivity index (χ3v) is 7.18. The number of nitrogens with zero attached hydrogens (tertiary/aromatic N) is 6. The van der Waals surface area contributed by atoms with Gasteiger partial charge in [-0.15, -0.1) is 5.10 Å². The summed E-state index contributed by atoms with van der Waals surface area (Å²) in [7, 11) is 0. The minimum absolute atomic E-state index is 0.263. The van der Waals surface area contributed by atoms with E-state index < -0.39 is 24.7 Å². The molecule has 14 heteroatoms. The van der Waals surface area contributed by atoms with Gasteiger partial charge in [0, 0.05) is 61.0 Å². The molecular formula is C24H26F4N8OS. The molecule has 2 saturated heterocycles. The number of carbonyl (C=O) groups is 1. The number of amides is 1. The molecule has 0 aliphatic carbocycles. The highest BCUT2D eigenvalue weighted by atomic mass is 32.2. The minimum atomic E-state index is -4.57. The quantitative estimate of drug-likeness (QED) is 0.391. The number of hydrogen-bond donors (Lipinski definition) is 2. The maximum absolute atomic E-state index is 13.6. The number of carbonyl (C=O) groups excluding carboxylic acids is 1. The number of hydrogen-bond acceptors (Lipinski definition) is 9. The molecule has 202 valence electrons. The van der Waals surface area contributed by atoms with Crippen LogP contribution in [0.2, 0.25) is 0 Å². The van der Waals surface area contributed by atoms with Gasteiger partial charge in [0.25, 0.3) is 0 Å². The lowest BCUT2D eigenvalue weighted by atomic mass is 10.1. The molecule has 1 aromatic carbocycles. The highest BCUT2D eigenvalue weighted by Gasteiger charge is 2.37. The van der Waals surface area contributed by atoms with E-state index in [9.17, 15) is 22.4 Å². The molecule has 2 aromatic rings. The first-order chi connectivity index (χ1) is 18.1. The highest BCUT2D eigenvalue weighted by Crippen LogP contribution is 2.32. The molecule has 1 aromatic heterocycles. The maximum atomic E-state index is 13.6. The molecule has 5 rings (SSSR count). The van der Waals surface area contributed by atoms with Crippen LogP contribution < -0.4 is 15.5 Å². The fourth-order valence-electron chi connectivity index (χ4n) is 4.41. The van der Waals surface area contributed by atoms with Gasteiger partial charge in [-0.25, -0.2) is 14.4 Å². The van der Waals surface area contributed by atoms with Crippen LogP contribution in [0.4, 0.5) is 34.9 Å². The summed E-state index contributed by atoms with van der Waals surface area (Å²) in [6.45, 7) is 4.61. The number of aromatic nitrogens is 2. The predicted octanol–water partition coefficient (Wildman–Crippen LogP) is 4.34. The molecule has 4 heterocycles. The zero-order valence-corrected chi connectivity index (χ0v) is 21.3. The van der Waals surface area contributed by atoms with Crippen LogP contribution >= 0.6 is 11.8 Å². The van der Waals surface area contributed by atoms with Crippen LogP contribution in [-0.4, -0.2) is 76.9 Å². The Balaban J connectivity index is 1.27. The Kier molecular flexibility index (Phi) is 7.52. The second-order valence-corrected chi connectivity index (χ2v) is 10.5. The molecule has 3 aliphatic heterocycles. The van der Waals surface area contributed by atoms with Gasteiger partial charge in [-0.2, -0.15) is 18.3 Å². The maximum Gasteiger partial charge on any atom is 0.397 e. The number of likely N-dealkylation sites (tertiary alicyclic amines) is 1. The first kappa shape index (κ1) is 26.4. The van der Waals surface area contributed by atoms with E-state index >= 15 is 0 Å². The van der Waals surface area contributed by atoms with E-state index in [-0.39, 0.29) is 11.7 Å². The number of halogens is 4. The van der Waals surface area contributed by atoms with Crippen molar-refractivity contribution in [2.75, 3.05) is 41.7 Å². The van der Waals surface area contributed by atoms with Crippen molar-refractivity contribution in [2.45, 2.75) is 54.6 Å². The average molecular weight is 551 g/mol. The summed E-state index contributed by atoms with van der Waals surface area (Å²) >= 11 is 1.28. The normalized spacial score (nSPS) is 20.2. The van der Waals surface area contributed by atoms with Gasteiger partial charge in [0.1, 0.15) is 30.1 Å². The lowest BCUT2D eigenvalue weighted by Gasteiger charge is -2.44. The monoisotopic (exact) mass is 550 g/mol. The fraction of sp³-hybridized carbons (Fsp3) is 0.458.